The van der Waals surface area contributed by atoms with Crippen molar-refractivity contribution in [3.05, 3.63) is 66.8 Å². The van der Waals surface area contributed by atoms with Gasteiger partial charge in [0.1, 0.15) is 0 Å². The molecule has 0 fully saturated rings. The molecule has 0 bridgehead atoms. The summed E-state index contributed by atoms with van der Waals surface area (Å²) in [6.07, 6.45) is 3.44. The normalized spacial score (nSPS) is 11.8. The maximum absolute atomic E-state index is 12.2. The Kier molecular flexibility index (Phi) is 9.31. The van der Waals surface area contributed by atoms with E-state index in [1.165, 1.54) is 3.57 Å². The summed E-state index contributed by atoms with van der Waals surface area (Å²) in [7, 11) is 0. The van der Waals surface area contributed by atoms with Crippen LogP contribution in [0.5, 0.6) is 0 Å². The van der Waals surface area contributed by atoms with Crippen molar-refractivity contribution in [2.75, 3.05) is 6.61 Å². The predicted octanol–water partition coefficient (Wildman–Crippen LogP) is 1.79. The molecule has 5 heteroatoms. The summed E-state index contributed by atoms with van der Waals surface area (Å²) in [5.74, 6) is -0.259. The molecule has 27 heavy (non-hydrogen) atoms. The van der Waals surface area contributed by atoms with Crippen LogP contribution in [0.1, 0.15) is 61.6 Å². The molecule has 0 amide bonds. The molecule has 1 unspecified atom stereocenters. The minimum absolute atomic E-state index is 0.198. The van der Waals surface area contributed by atoms with E-state index in [1.54, 1.807) is 6.07 Å². The van der Waals surface area contributed by atoms with Crippen molar-refractivity contribution in [3.8, 4) is 0 Å². The number of esters is 1. The van der Waals surface area contributed by atoms with Crippen LogP contribution in [0, 0.1) is 7.14 Å². The predicted molar refractivity (Wildman–Crippen MR) is 100 cm³/mol. The second-order valence-corrected chi connectivity index (χ2v) is 9.19. The Balaban J connectivity index is 2.10. The summed E-state index contributed by atoms with van der Waals surface area (Å²) >= 11 is -0.444. The molecule has 2 rings (SSSR count). The Morgan fingerprint density at radius 3 is 2.52 bits per heavy atom. The van der Waals surface area contributed by atoms with E-state index in [0.717, 1.165) is 34.8 Å². The van der Waals surface area contributed by atoms with Crippen LogP contribution in [-0.4, -0.2) is 19.0 Å². The third kappa shape index (κ3) is 6.97. The van der Waals surface area contributed by atoms with Crippen molar-refractivity contribution in [2.45, 2.75) is 45.6 Å². The van der Waals surface area contributed by atoms with E-state index in [0.29, 0.717) is 18.6 Å². The van der Waals surface area contributed by atoms with Crippen LogP contribution >= 0.6 is 0 Å². The van der Waals surface area contributed by atoms with E-state index in [1.807, 2.05) is 30.3 Å². The quantitative estimate of drug-likeness (QED) is 0.213. The average Bonchev–Trinajstić information content (AvgIpc) is 2.68. The molecule has 0 saturated heterocycles. The van der Waals surface area contributed by atoms with Gasteiger partial charge in [-0.3, -0.25) is 0 Å². The molecule has 146 valence electrons. The first-order chi connectivity index (χ1) is 13.2. The average molecular weight is 481 g/mol. The van der Waals surface area contributed by atoms with Crippen LogP contribution in [0.4, 0.5) is 0 Å². The minimum atomic E-state index is -0.444. The Bertz CT molecular complexity index is 745. The summed E-state index contributed by atoms with van der Waals surface area (Å²) < 4.78 is 12.9. The van der Waals surface area contributed by atoms with Gasteiger partial charge in [-0.25, -0.2) is 0 Å². The van der Waals surface area contributed by atoms with Crippen LogP contribution < -0.4 is 21.2 Å². The Morgan fingerprint density at radius 1 is 1.07 bits per heavy atom. The molecule has 0 radical (unpaired) electrons. The zero-order valence-corrected chi connectivity index (χ0v) is 18.0. The van der Waals surface area contributed by atoms with Crippen LogP contribution in [0.15, 0.2) is 48.5 Å². The van der Waals surface area contributed by atoms with E-state index in [2.05, 4.69) is 26.0 Å². The first kappa shape index (κ1) is 21.4. The van der Waals surface area contributed by atoms with Crippen LogP contribution in [0.25, 0.3) is 0 Å². The number of halogens is 1. The van der Waals surface area contributed by atoms with E-state index < -0.39 is 21.2 Å². The van der Waals surface area contributed by atoms with Gasteiger partial charge in [0.25, 0.3) is 0 Å². The number of rotatable bonds is 11. The fourth-order valence-corrected chi connectivity index (χ4v) is 5.10. The van der Waals surface area contributed by atoms with Crippen molar-refractivity contribution >= 4 is 12.4 Å². The van der Waals surface area contributed by atoms with Gasteiger partial charge in [0.15, 0.2) is 0 Å². The molecule has 0 aliphatic heterocycles. The summed E-state index contributed by atoms with van der Waals surface area (Å²) in [6, 6.07) is 15.9. The van der Waals surface area contributed by atoms with E-state index in [-0.39, 0.29) is 12.1 Å². The number of hydrogen-bond donors (Lipinski definition) is 0. The third-order valence-corrected chi connectivity index (χ3v) is 6.59. The maximum atomic E-state index is 12.2. The number of hydrogen-bond acceptors (Lipinski definition) is 4. The molecular weight excluding hydrogens is 455 g/mol. The van der Waals surface area contributed by atoms with Gasteiger partial charge in [-0.2, -0.15) is 0 Å². The standard InChI is InChI=1S/C22H26IO4/c1-3-5-13-26-22(25)18-10-7-12-20(15-18)23-19-11-6-9-17(14-19)21(8-4-2)27-16-24/h6-7,9-12,14-16,21H,3-5,8,13H2,1-2H3/q-1. The van der Waals surface area contributed by atoms with Gasteiger partial charge in [-0.1, -0.05) is 0 Å². The summed E-state index contributed by atoms with van der Waals surface area (Å²) in [5.41, 5.74) is 1.63. The number of carbonyl (C=O) groups is 2. The molecule has 0 saturated carbocycles. The van der Waals surface area contributed by atoms with E-state index in [4.69, 9.17) is 9.47 Å². The SMILES string of the molecule is CCCCOC(=O)c1cccc([I-]c2cccc(C(CCC)OC=O)c2)c1. The second-order valence-electron chi connectivity index (χ2n) is 6.16. The molecular formula is C22H26IO4-. The molecule has 0 aliphatic rings. The topological polar surface area (TPSA) is 52.6 Å². The molecule has 2 aromatic carbocycles. The Labute approximate surface area is 171 Å². The van der Waals surface area contributed by atoms with Gasteiger partial charge in [0, 0.05) is 0 Å². The first-order valence-corrected chi connectivity index (χ1v) is 11.4. The summed E-state index contributed by atoms with van der Waals surface area (Å²) in [6.45, 7) is 5.13. The van der Waals surface area contributed by atoms with Crippen molar-refractivity contribution in [2.24, 2.45) is 0 Å². The Morgan fingerprint density at radius 2 is 1.81 bits per heavy atom. The molecule has 2 aromatic rings. The summed E-state index contributed by atoms with van der Waals surface area (Å²) in [4.78, 5) is 22.9. The van der Waals surface area contributed by atoms with E-state index >= 15 is 0 Å². The monoisotopic (exact) mass is 481 g/mol. The van der Waals surface area contributed by atoms with Gasteiger partial charge in [0.2, 0.25) is 0 Å². The van der Waals surface area contributed by atoms with Crippen LogP contribution in [-0.2, 0) is 14.3 Å². The van der Waals surface area contributed by atoms with Gasteiger partial charge >= 0.3 is 172 Å². The van der Waals surface area contributed by atoms with Crippen molar-refractivity contribution < 1.29 is 40.3 Å². The zero-order chi connectivity index (χ0) is 19.5. The third-order valence-electron chi connectivity index (χ3n) is 4.00. The van der Waals surface area contributed by atoms with Crippen molar-refractivity contribution in [3.63, 3.8) is 0 Å². The first-order valence-electron chi connectivity index (χ1n) is 9.29. The van der Waals surface area contributed by atoms with Crippen LogP contribution in [0.3, 0.4) is 0 Å². The fourth-order valence-electron chi connectivity index (χ4n) is 2.60. The van der Waals surface area contributed by atoms with Gasteiger partial charge < -0.3 is 0 Å². The number of benzene rings is 2. The van der Waals surface area contributed by atoms with Gasteiger partial charge in [-0.05, 0) is 0 Å². The zero-order valence-electron chi connectivity index (χ0n) is 15.8. The number of unbranched alkanes of at least 4 members (excludes halogenated alkanes) is 1. The van der Waals surface area contributed by atoms with Crippen molar-refractivity contribution in [1.82, 2.24) is 0 Å². The summed E-state index contributed by atoms with van der Waals surface area (Å²) in [5, 5.41) is 0. The van der Waals surface area contributed by atoms with Crippen LogP contribution in [0.2, 0.25) is 0 Å². The fraction of sp³-hybridized carbons (Fsp3) is 0.364. The van der Waals surface area contributed by atoms with Gasteiger partial charge in [-0.15, -0.1) is 0 Å². The van der Waals surface area contributed by atoms with Crippen molar-refractivity contribution in [1.29, 1.82) is 0 Å². The molecule has 0 N–H and O–H groups in total. The molecule has 0 aromatic heterocycles. The molecule has 1 atom stereocenters. The van der Waals surface area contributed by atoms with Gasteiger partial charge in [0.05, 0.1) is 0 Å². The number of carbonyl (C=O) groups excluding carboxylic acids is 2. The number of ether oxygens (including phenoxy) is 2. The molecule has 0 heterocycles. The molecule has 4 nitrogen and oxygen atoms in total. The van der Waals surface area contributed by atoms with E-state index in [9.17, 15) is 9.59 Å². The second kappa shape index (κ2) is 11.7. The molecule has 0 aliphatic carbocycles. The Hall–Kier alpha value is -1.89. The molecule has 0 spiro atoms.